The summed E-state index contributed by atoms with van der Waals surface area (Å²) in [7, 11) is 1.57. The molecule has 7 nitrogen and oxygen atoms in total. The Morgan fingerprint density at radius 2 is 2.09 bits per heavy atom. The van der Waals surface area contributed by atoms with Crippen molar-refractivity contribution in [1.29, 1.82) is 0 Å². The third-order valence-corrected chi connectivity index (χ3v) is 3.58. The molecule has 2 aromatic rings. The van der Waals surface area contributed by atoms with Gasteiger partial charge in [-0.1, -0.05) is 13.8 Å². The Kier molecular flexibility index (Phi) is 4.68. The highest BCUT2D eigenvalue weighted by atomic mass is 16.5. The minimum atomic E-state index is -1.13. The van der Waals surface area contributed by atoms with E-state index >= 15 is 0 Å². The Morgan fingerprint density at radius 1 is 1.41 bits per heavy atom. The zero-order chi connectivity index (χ0) is 16.4. The van der Waals surface area contributed by atoms with Crippen molar-refractivity contribution in [3.8, 4) is 11.4 Å². The number of rotatable bonds is 5. The quantitative estimate of drug-likeness (QED) is 0.859. The maximum Gasteiger partial charge on any atom is 0.442 e. The normalized spacial score (nSPS) is 14.1. The summed E-state index contributed by atoms with van der Waals surface area (Å²) < 4.78 is 11.3. The van der Waals surface area contributed by atoms with Crippen molar-refractivity contribution in [2.24, 2.45) is 11.7 Å². The lowest BCUT2D eigenvalue weighted by Crippen LogP contribution is -2.33. The zero-order valence-corrected chi connectivity index (χ0v) is 13.1. The number of aliphatic hydroxyl groups excluding tert-OH is 1. The molecule has 1 aromatic carbocycles. The van der Waals surface area contributed by atoms with E-state index < -0.39 is 17.9 Å². The molecule has 0 spiro atoms. The summed E-state index contributed by atoms with van der Waals surface area (Å²) in [4.78, 5) is 12.0. The van der Waals surface area contributed by atoms with Crippen molar-refractivity contribution in [3.05, 3.63) is 40.2 Å². The monoisotopic (exact) mass is 307 g/mol. The Balaban J connectivity index is 2.40. The van der Waals surface area contributed by atoms with Gasteiger partial charge in [0.2, 0.25) is 5.89 Å². The second kappa shape index (κ2) is 6.33. The van der Waals surface area contributed by atoms with Crippen molar-refractivity contribution in [2.75, 3.05) is 7.11 Å². The number of aliphatic hydroxyl groups is 1. The van der Waals surface area contributed by atoms with E-state index in [1.807, 2.05) is 20.8 Å². The summed E-state index contributed by atoms with van der Waals surface area (Å²) in [6, 6.07) is 4.64. The maximum absolute atomic E-state index is 12.0. The molecule has 0 radical (unpaired) electrons. The molecule has 1 heterocycles. The van der Waals surface area contributed by atoms with Gasteiger partial charge in [0.05, 0.1) is 12.8 Å². The average molecular weight is 307 g/mol. The van der Waals surface area contributed by atoms with E-state index in [1.165, 1.54) is 0 Å². The Hall–Kier alpha value is -2.12. The third-order valence-electron chi connectivity index (χ3n) is 3.58. The Morgan fingerprint density at radius 3 is 2.64 bits per heavy atom. The molecule has 2 rings (SSSR count). The lowest BCUT2D eigenvalue weighted by atomic mass is 10.00. The molecule has 0 saturated heterocycles. The highest BCUT2D eigenvalue weighted by Crippen LogP contribution is 2.21. The molecule has 22 heavy (non-hydrogen) atoms. The van der Waals surface area contributed by atoms with E-state index in [0.717, 1.165) is 10.2 Å². The Labute approximate surface area is 128 Å². The van der Waals surface area contributed by atoms with Crippen LogP contribution >= 0.6 is 0 Å². The van der Waals surface area contributed by atoms with Crippen molar-refractivity contribution < 1.29 is 14.3 Å². The van der Waals surface area contributed by atoms with Gasteiger partial charge in [-0.05, 0) is 36.6 Å². The van der Waals surface area contributed by atoms with Crippen LogP contribution in [0.5, 0.6) is 5.75 Å². The van der Waals surface area contributed by atoms with Crippen LogP contribution in [0.15, 0.2) is 27.4 Å². The number of nitrogens with zero attached hydrogens (tertiary/aromatic N) is 2. The van der Waals surface area contributed by atoms with Gasteiger partial charge in [0.25, 0.3) is 0 Å². The number of hydrogen-bond acceptors (Lipinski definition) is 6. The molecule has 1 aromatic heterocycles. The van der Waals surface area contributed by atoms with Crippen LogP contribution in [0.25, 0.3) is 5.69 Å². The minimum Gasteiger partial charge on any atom is -0.497 e. The van der Waals surface area contributed by atoms with E-state index in [-0.39, 0.29) is 11.8 Å². The third kappa shape index (κ3) is 3.05. The standard InChI is InChI=1S/C15H21N3O4/c1-8(2)12(16)13(19)14-17-18(15(20)22-14)11-6-5-10(21-4)7-9(11)3/h5-8,12-13,19H,16H2,1-4H3/t12-,13+/m0/s1. The molecule has 3 N–H and O–H groups in total. The van der Waals surface area contributed by atoms with E-state index in [4.69, 9.17) is 14.9 Å². The number of benzene rings is 1. The predicted molar refractivity (Wildman–Crippen MR) is 81.2 cm³/mol. The molecular formula is C15H21N3O4. The first kappa shape index (κ1) is 16.3. The largest absolute Gasteiger partial charge is 0.497 e. The van der Waals surface area contributed by atoms with Gasteiger partial charge in [-0.2, -0.15) is 4.68 Å². The highest BCUT2D eigenvalue weighted by molar-refractivity contribution is 5.44. The van der Waals surface area contributed by atoms with Crippen LogP contribution in [0.3, 0.4) is 0 Å². The molecule has 0 aliphatic carbocycles. The van der Waals surface area contributed by atoms with Crippen LogP contribution in [-0.2, 0) is 0 Å². The first-order chi connectivity index (χ1) is 10.3. The average Bonchev–Trinajstić information content (AvgIpc) is 2.87. The van der Waals surface area contributed by atoms with Crippen molar-refractivity contribution in [2.45, 2.75) is 32.9 Å². The smallest absolute Gasteiger partial charge is 0.442 e. The highest BCUT2D eigenvalue weighted by Gasteiger charge is 2.26. The van der Waals surface area contributed by atoms with Gasteiger partial charge in [0, 0.05) is 6.04 Å². The fourth-order valence-electron chi connectivity index (χ4n) is 2.09. The molecule has 2 atom stereocenters. The lowest BCUT2D eigenvalue weighted by molar-refractivity contribution is 0.0959. The molecular weight excluding hydrogens is 286 g/mol. The van der Waals surface area contributed by atoms with Crippen molar-refractivity contribution >= 4 is 0 Å². The lowest BCUT2D eigenvalue weighted by Gasteiger charge is -2.18. The van der Waals surface area contributed by atoms with Gasteiger partial charge in [0.1, 0.15) is 11.9 Å². The summed E-state index contributed by atoms with van der Waals surface area (Å²) in [6.45, 7) is 5.57. The van der Waals surface area contributed by atoms with Crippen molar-refractivity contribution in [1.82, 2.24) is 9.78 Å². The molecule has 0 unspecified atom stereocenters. The molecule has 7 heteroatoms. The van der Waals surface area contributed by atoms with Gasteiger partial charge in [-0.3, -0.25) is 0 Å². The Bertz CT molecular complexity index is 705. The van der Waals surface area contributed by atoms with E-state index in [1.54, 1.807) is 25.3 Å². The maximum atomic E-state index is 12.0. The number of hydrogen-bond donors (Lipinski definition) is 2. The van der Waals surface area contributed by atoms with Gasteiger partial charge in [0.15, 0.2) is 0 Å². The summed E-state index contributed by atoms with van der Waals surface area (Å²) >= 11 is 0. The number of methoxy groups -OCH3 is 1. The first-order valence-electron chi connectivity index (χ1n) is 7.04. The van der Waals surface area contributed by atoms with E-state index in [0.29, 0.717) is 11.4 Å². The SMILES string of the molecule is COc1ccc(-n2nc([C@H](O)[C@@H](N)C(C)C)oc2=O)c(C)c1. The fraction of sp³-hybridized carbons (Fsp3) is 0.467. The van der Waals surface area contributed by atoms with E-state index in [9.17, 15) is 9.90 Å². The number of ether oxygens (including phenoxy) is 1. The van der Waals surface area contributed by atoms with Crippen LogP contribution in [0.4, 0.5) is 0 Å². The van der Waals surface area contributed by atoms with E-state index in [2.05, 4.69) is 5.10 Å². The first-order valence-corrected chi connectivity index (χ1v) is 7.04. The molecule has 0 bridgehead atoms. The number of aryl methyl sites for hydroxylation is 1. The van der Waals surface area contributed by atoms with Crippen LogP contribution in [0.1, 0.15) is 31.4 Å². The molecule has 0 aliphatic heterocycles. The second-order valence-corrected chi connectivity index (χ2v) is 5.54. The number of aromatic nitrogens is 2. The number of nitrogens with two attached hydrogens (primary N) is 1. The van der Waals surface area contributed by atoms with Gasteiger partial charge >= 0.3 is 5.76 Å². The molecule has 120 valence electrons. The van der Waals surface area contributed by atoms with Crippen molar-refractivity contribution in [3.63, 3.8) is 0 Å². The predicted octanol–water partition coefficient (Wildman–Crippen LogP) is 1.16. The van der Waals surface area contributed by atoms with Crippen LogP contribution in [0.2, 0.25) is 0 Å². The second-order valence-electron chi connectivity index (χ2n) is 5.54. The van der Waals surface area contributed by atoms with Gasteiger partial charge in [-0.15, -0.1) is 5.10 Å². The summed E-state index contributed by atoms with van der Waals surface area (Å²) in [5, 5.41) is 14.2. The van der Waals surface area contributed by atoms with Gasteiger partial charge in [-0.25, -0.2) is 4.79 Å². The molecule has 0 fully saturated rings. The van der Waals surface area contributed by atoms with Gasteiger partial charge < -0.3 is 20.0 Å². The zero-order valence-electron chi connectivity index (χ0n) is 13.1. The fourth-order valence-corrected chi connectivity index (χ4v) is 2.09. The topological polar surface area (TPSA) is 104 Å². The van der Waals surface area contributed by atoms with Crippen LogP contribution < -0.4 is 16.2 Å². The minimum absolute atomic E-state index is 0.0215. The summed E-state index contributed by atoms with van der Waals surface area (Å²) in [5.41, 5.74) is 7.24. The molecule has 0 aliphatic rings. The van der Waals surface area contributed by atoms with Crippen LogP contribution in [-0.4, -0.2) is 28.0 Å². The summed E-state index contributed by atoms with van der Waals surface area (Å²) in [5.74, 6) is -0.0484. The summed E-state index contributed by atoms with van der Waals surface area (Å²) in [6.07, 6.45) is -1.13. The molecule has 0 amide bonds. The molecule has 0 saturated carbocycles. The van der Waals surface area contributed by atoms with Crippen LogP contribution in [0, 0.1) is 12.8 Å².